The van der Waals surface area contributed by atoms with Crippen molar-refractivity contribution in [2.45, 2.75) is 40.7 Å². The van der Waals surface area contributed by atoms with Crippen LogP contribution in [0.5, 0.6) is 0 Å². The van der Waals surface area contributed by atoms with Gasteiger partial charge in [-0.25, -0.2) is 0 Å². The number of hydrogen-bond acceptors (Lipinski definition) is 2. The molecule has 1 aromatic heterocycles. The van der Waals surface area contributed by atoms with E-state index in [4.69, 9.17) is 11.6 Å². The van der Waals surface area contributed by atoms with E-state index in [9.17, 15) is 9.90 Å². The predicted octanol–water partition coefficient (Wildman–Crippen LogP) is 2.76. The van der Waals surface area contributed by atoms with Crippen LogP contribution in [0.1, 0.15) is 32.2 Å². The van der Waals surface area contributed by atoms with Crippen molar-refractivity contribution >= 4 is 17.6 Å². The maximum absolute atomic E-state index is 11.2. The number of aryl methyl sites for hydroxylation is 2. The Morgan fingerprint density at radius 1 is 1.53 bits per heavy atom. The molecule has 1 atom stereocenters. The Morgan fingerprint density at radius 2 is 2.12 bits per heavy atom. The van der Waals surface area contributed by atoms with Crippen molar-refractivity contribution in [3.8, 4) is 0 Å². The Kier molecular flexibility index (Phi) is 4.57. The smallest absolute Gasteiger partial charge is 0.307 e. The fourth-order valence-corrected chi connectivity index (χ4v) is 2.09. The van der Waals surface area contributed by atoms with Crippen molar-refractivity contribution in [1.29, 1.82) is 0 Å². The van der Waals surface area contributed by atoms with E-state index in [0.29, 0.717) is 18.0 Å². The average Bonchev–Trinajstić information content (AvgIpc) is 2.51. The fourth-order valence-electron chi connectivity index (χ4n) is 1.88. The SMILES string of the molecule is CCn1nc(C)c(Cl)c1CC(C(=O)O)C(C)C. The molecule has 1 N–H and O–H groups in total. The second-order valence-corrected chi connectivity index (χ2v) is 4.93. The number of carbonyl (C=O) groups is 1. The Balaban J connectivity index is 3.04. The van der Waals surface area contributed by atoms with Crippen molar-refractivity contribution < 1.29 is 9.90 Å². The molecule has 0 saturated heterocycles. The van der Waals surface area contributed by atoms with Crippen molar-refractivity contribution in [2.75, 3.05) is 0 Å². The van der Waals surface area contributed by atoms with E-state index in [-0.39, 0.29) is 5.92 Å². The number of carboxylic acids is 1. The lowest BCUT2D eigenvalue weighted by Crippen LogP contribution is -2.23. The van der Waals surface area contributed by atoms with Gasteiger partial charge in [0.15, 0.2) is 0 Å². The molecule has 0 aromatic carbocycles. The molecule has 4 nitrogen and oxygen atoms in total. The minimum atomic E-state index is -0.780. The van der Waals surface area contributed by atoms with E-state index in [1.165, 1.54) is 0 Å². The predicted molar refractivity (Wildman–Crippen MR) is 67.3 cm³/mol. The van der Waals surface area contributed by atoms with E-state index in [0.717, 1.165) is 11.4 Å². The number of halogens is 1. The highest BCUT2D eigenvalue weighted by Crippen LogP contribution is 2.25. The zero-order valence-electron chi connectivity index (χ0n) is 10.7. The summed E-state index contributed by atoms with van der Waals surface area (Å²) in [4.78, 5) is 11.2. The molecule has 0 bridgehead atoms. The fraction of sp³-hybridized carbons (Fsp3) is 0.667. The lowest BCUT2D eigenvalue weighted by Gasteiger charge is -2.16. The van der Waals surface area contributed by atoms with E-state index in [1.807, 2.05) is 27.7 Å². The summed E-state index contributed by atoms with van der Waals surface area (Å²) in [6.07, 6.45) is 0.431. The van der Waals surface area contributed by atoms with Gasteiger partial charge in [0.2, 0.25) is 0 Å². The molecular formula is C12H19ClN2O2. The van der Waals surface area contributed by atoms with Crippen LogP contribution in [0.3, 0.4) is 0 Å². The van der Waals surface area contributed by atoms with E-state index < -0.39 is 11.9 Å². The number of nitrogens with zero attached hydrogens (tertiary/aromatic N) is 2. The second kappa shape index (κ2) is 5.54. The molecule has 5 heteroatoms. The topological polar surface area (TPSA) is 55.1 Å². The maximum atomic E-state index is 11.2. The number of rotatable bonds is 5. The lowest BCUT2D eigenvalue weighted by atomic mass is 9.91. The molecule has 0 amide bonds. The minimum absolute atomic E-state index is 0.0732. The molecule has 0 spiro atoms. The van der Waals surface area contributed by atoms with Crippen LogP contribution in [0.15, 0.2) is 0 Å². The molecule has 1 heterocycles. The zero-order valence-corrected chi connectivity index (χ0v) is 11.5. The first kappa shape index (κ1) is 14.0. The van der Waals surface area contributed by atoms with Gasteiger partial charge in [0.1, 0.15) is 0 Å². The summed E-state index contributed by atoms with van der Waals surface area (Å²) in [6, 6.07) is 0. The first-order valence-electron chi connectivity index (χ1n) is 5.83. The van der Waals surface area contributed by atoms with E-state index >= 15 is 0 Å². The van der Waals surface area contributed by atoms with Crippen molar-refractivity contribution in [1.82, 2.24) is 9.78 Å². The zero-order chi connectivity index (χ0) is 13.2. The summed E-state index contributed by atoms with van der Waals surface area (Å²) in [5.74, 6) is -1.13. The molecule has 0 saturated carbocycles. The molecule has 0 fully saturated rings. The molecule has 0 aliphatic carbocycles. The van der Waals surface area contributed by atoms with Crippen LogP contribution >= 0.6 is 11.6 Å². The molecule has 96 valence electrons. The van der Waals surface area contributed by atoms with Crippen LogP contribution in [-0.4, -0.2) is 20.9 Å². The standard InChI is InChI=1S/C12H19ClN2O2/c1-5-15-10(11(13)8(4)14-15)6-9(7(2)3)12(16)17/h7,9H,5-6H2,1-4H3,(H,16,17). The normalized spacial score (nSPS) is 13.1. The Hall–Kier alpha value is -1.03. The summed E-state index contributed by atoms with van der Waals surface area (Å²) >= 11 is 6.17. The van der Waals surface area contributed by atoms with Gasteiger partial charge in [-0.15, -0.1) is 0 Å². The van der Waals surface area contributed by atoms with Crippen molar-refractivity contribution in [2.24, 2.45) is 11.8 Å². The molecule has 17 heavy (non-hydrogen) atoms. The number of carboxylic acid groups (broad SMARTS) is 1. The van der Waals surface area contributed by atoms with Crippen LogP contribution in [0, 0.1) is 18.8 Å². The number of aliphatic carboxylic acids is 1. The van der Waals surface area contributed by atoms with Gasteiger partial charge in [0, 0.05) is 13.0 Å². The Bertz CT molecular complexity index is 413. The average molecular weight is 259 g/mol. The quantitative estimate of drug-likeness (QED) is 0.884. The molecule has 1 aromatic rings. The molecule has 0 aliphatic rings. The summed E-state index contributed by atoms with van der Waals surface area (Å²) in [7, 11) is 0. The third-order valence-corrected chi connectivity index (χ3v) is 3.48. The molecular weight excluding hydrogens is 240 g/mol. The first-order chi connectivity index (χ1) is 7.88. The summed E-state index contributed by atoms with van der Waals surface area (Å²) in [6.45, 7) is 8.33. The number of hydrogen-bond donors (Lipinski definition) is 1. The van der Waals surface area contributed by atoms with Crippen molar-refractivity contribution in [3.63, 3.8) is 0 Å². The highest BCUT2D eigenvalue weighted by atomic mass is 35.5. The lowest BCUT2D eigenvalue weighted by molar-refractivity contribution is -0.143. The monoisotopic (exact) mass is 258 g/mol. The van der Waals surface area contributed by atoms with Gasteiger partial charge in [-0.05, 0) is 19.8 Å². The largest absolute Gasteiger partial charge is 0.481 e. The van der Waals surface area contributed by atoms with Crippen LogP contribution in [0.25, 0.3) is 0 Å². The van der Waals surface area contributed by atoms with Gasteiger partial charge in [-0.2, -0.15) is 5.10 Å². The minimum Gasteiger partial charge on any atom is -0.481 e. The third-order valence-electron chi connectivity index (χ3n) is 2.99. The van der Waals surface area contributed by atoms with Crippen LogP contribution in [0.4, 0.5) is 0 Å². The second-order valence-electron chi connectivity index (χ2n) is 4.55. The molecule has 0 radical (unpaired) electrons. The van der Waals surface area contributed by atoms with Gasteiger partial charge in [0.05, 0.1) is 22.3 Å². The molecule has 0 aliphatic heterocycles. The molecule has 1 rings (SSSR count). The summed E-state index contributed by atoms with van der Waals surface area (Å²) < 4.78 is 1.79. The van der Waals surface area contributed by atoms with Gasteiger partial charge in [-0.1, -0.05) is 25.4 Å². The Labute approximate surface area is 107 Å². The van der Waals surface area contributed by atoms with Crippen LogP contribution < -0.4 is 0 Å². The van der Waals surface area contributed by atoms with Crippen molar-refractivity contribution in [3.05, 3.63) is 16.4 Å². The Morgan fingerprint density at radius 3 is 2.53 bits per heavy atom. The summed E-state index contributed by atoms with van der Waals surface area (Å²) in [5, 5.41) is 14.1. The summed E-state index contributed by atoms with van der Waals surface area (Å²) in [5.41, 5.74) is 1.59. The van der Waals surface area contributed by atoms with E-state index in [2.05, 4.69) is 5.10 Å². The number of aromatic nitrogens is 2. The van der Waals surface area contributed by atoms with Gasteiger partial charge < -0.3 is 5.11 Å². The van der Waals surface area contributed by atoms with Crippen LogP contribution in [0.2, 0.25) is 5.02 Å². The maximum Gasteiger partial charge on any atom is 0.307 e. The van der Waals surface area contributed by atoms with Gasteiger partial charge in [-0.3, -0.25) is 9.48 Å². The highest BCUT2D eigenvalue weighted by Gasteiger charge is 2.25. The molecule has 1 unspecified atom stereocenters. The third kappa shape index (κ3) is 3.00. The van der Waals surface area contributed by atoms with Gasteiger partial charge in [0.25, 0.3) is 0 Å². The highest BCUT2D eigenvalue weighted by molar-refractivity contribution is 6.31. The van der Waals surface area contributed by atoms with E-state index in [1.54, 1.807) is 4.68 Å². The van der Waals surface area contributed by atoms with Crippen LogP contribution in [-0.2, 0) is 17.8 Å². The first-order valence-corrected chi connectivity index (χ1v) is 6.20. The van der Waals surface area contributed by atoms with Gasteiger partial charge >= 0.3 is 5.97 Å².